The molecule has 1 N–H and O–H groups in total. The molecular formula is C10H13NO6. The Labute approximate surface area is 97.4 Å². The van der Waals surface area contributed by atoms with Gasteiger partial charge in [-0.3, -0.25) is 14.9 Å². The number of ketones is 2. The van der Waals surface area contributed by atoms with Crippen LogP contribution in [0.1, 0.15) is 13.8 Å². The molecule has 0 aromatic carbocycles. The highest BCUT2D eigenvalue weighted by Gasteiger charge is 2.49. The zero-order valence-corrected chi connectivity index (χ0v) is 9.52. The Kier molecular flexibility index (Phi) is 4.33. The molecule has 94 valence electrons. The van der Waals surface area contributed by atoms with Gasteiger partial charge in [-0.25, -0.2) is 9.59 Å². The monoisotopic (exact) mass is 243 g/mol. The molecule has 1 rings (SSSR count). The lowest BCUT2D eigenvalue weighted by Crippen LogP contribution is -2.43. The van der Waals surface area contributed by atoms with Crippen molar-refractivity contribution >= 4 is 23.5 Å². The molecule has 1 heterocycles. The average Bonchev–Trinajstić information content (AvgIpc) is 2.57. The van der Waals surface area contributed by atoms with E-state index in [1.54, 1.807) is 13.8 Å². The van der Waals surface area contributed by atoms with Crippen LogP contribution in [0.25, 0.3) is 0 Å². The van der Waals surface area contributed by atoms with Gasteiger partial charge in [0.2, 0.25) is 11.6 Å². The second-order valence-corrected chi connectivity index (χ2v) is 3.27. The van der Waals surface area contributed by atoms with Crippen molar-refractivity contribution < 1.29 is 28.7 Å². The molecule has 1 aliphatic heterocycles. The SMILES string of the molecule is CCOC(=O)[C@H]1N[C@@H](C(=O)OCC)C(=O)C1=O. The van der Waals surface area contributed by atoms with Crippen molar-refractivity contribution in [2.45, 2.75) is 25.9 Å². The van der Waals surface area contributed by atoms with Gasteiger partial charge >= 0.3 is 11.9 Å². The Morgan fingerprint density at radius 2 is 1.35 bits per heavy atom. The Morgan fingerprint density at radius 3 is 1.65 bits per heavy atom. The van der Waals surface area contributed by atoms with Crippen LogP contribution in [0, 0.1) is 0 Å². The third-order valence-electron chi connectivity index (χ3n) is 2.15. The summed E-state index contributed by atoms with van der Waals surface area (Å²) < 4.78 is 9.21. The third kappa shape index (κ3) is 2.68. The minimum atomic E-state index is -1.41. The van der Waals surface area contributed by atoms with E-state index >= 15 is 0 Å². The van der Waals surface area contributed by atoms with Gasteiger partial charge in [0.15, 0.2) is 12.1 Å². The molecule has 1 fully saturated rings. The van der Waals surface area contributed by atoms with Gasteiger partial charge in [0.05, 0.1) is 13.2 Å². The standard InChI is InChI=1S/C10H13NO6/c1-3-16-9(14)5-7(12)8(13)6(11-5)10(15)17-4-2/h5-6,11H,3-4H2,1-2H3/t5-,6+. The highest BCUT2D eigenvalue weighted by molar-refractivity contribution is 6.49. The van der Waals surface area contributed by atoms with E-state index in [4.69, 9.17) is 0 Å². The van der Waals surface area contributed by atoms with Gasteiger partial charge in [0.25, 0.3) is 0 Å². The first-order chi connectivity index (χ1) is 8.02. The minimum Gasteiger partial charge on any atom is -0.464 e. The molecule has 17 heavy (non-hydrogen) atoms. The van der Waals surface area contributed by atoms with E-state index in [1.165, 1.54) is 0 Å². The summed E-state index contributed by atoms with van der Waals surface area (Å²) in [5, 5.41) is 2.31. The Bertz CT molecular complexity index is 330. The van der Waals surface area contributed by atoms with E-state index in [2.05, 4.69) is 14.8 Å². The van der Waals surface area contributed by atoms with E-state index in [0.717, 1.165) is 0 Å². The van der Waals surface area contributed by atoms with E-state index in [1.807, 2.05) is 0 Å². The number of esters is 2. The van der Waals surface area contributed by atoms with Crippen molar-refractivity contribution in [3.05, 3.63) is 0 Å². The van der Waals surface area contributed by atoms with Gasteiger partial charge in [-0.15, -0.1) is 0 Å². The maximum absolute atomic E-state index is 11.4. The largest absolute Gasteiger partial charge is 0.464 e. The summed E-state index contributed by atoms with van der Waals surface area (Å²) in [5.41, 5.74) is 0. The number of rotatable bonds is 4. The average molecular weight is 243 g/mol. The second kappa shape index (κ2) is 5.53. The van der Waals surface area contributed by atoms with Gasteiger partial charge in [0.1, 0.15) is 0 Å². The lowest BCUT2D eigenvalue weighted by molar-refractivity contribution is -0.150. The van der Waals surface area contributed by atoms with E-state index in [0.29, 0.717) is 0 Å². The Morgan fingerprint density at radius 1 is 1.00 bits per heavy atom. The predicted octanol–water partition coefficient (Wildman–Crippen LogP) is -1.41. The smallest absolute Gasteiger partial charge is 0.331 e. The van der Waals surface area contributed by atoms with Crippen molar-refractivity contribution in [1.82, 2.24) is 5.32 Å². The number of nitrogens with one attached hydrogen (secondary N) is 1. The fourth-order valence-corrected chi connectivity index (χ4v) is 1.40. The van der Waals surface area contributed by atoms with Crippen LogP contribution in [0.5, 0.6) is 0 Å². The first-order valence-electron chi connectivity index (χ1n) is 5.20. The van der Waals surface area contributed by atoms with E-state index < -0.39 is 35.6 Å². The topological polar surface area (TPSA) is 98.8 Å². The molecule has 0 radical (unpaired) electrons. The Balaban J connectivity index is 2.75. The minimum absolute atomic E-state index is 0.0859. The maximum Gasteiger partial charge on any atom is 0.331 e. The summed E-state index contributed by atoms with van der Waals surface area (Å²) in [5.74, 6) is -3.67. The lowest BCUT2D eigenvalue weighted by Gasteiger charge is -2.09. The van der Waals surface area contributed by atoms with Crippen LogP contribution in [-0.4, -0.2) is 48.8 Å². The fourth-order valence-electron chi connectivity index (χ4n) is 1.40. The molecule has 7 heteroatoms. The summed E-state index contributed by atoms with van der Waals surface area (Å²) in [6.07, 6.45) is 0. The van der Waals surface area contributed by atoms with Gasteiger partial charge in [-0.2, -0.15) is 0 Å². The van der Waals surface area contributed by atoms with E-state index in [-0.39, 0.29) is 13.2 Å². The number of carbonyl (C=O) groups is 4. The van der Waals surface area contributed by atoms with E-state index in [9.17, 15) is 19.2 Å². The molecule has 7 nitrogen and oxygen atoms in total. The molecule has 2 atom stereocenters. The first-order valence-corrected chi connectivity index (χ1v) is 5.20. The van der Waals surface area contributed by atoms with Crippen molar-refractivity contribution in [2.24, 2.45) is 0 Å². The molecule has 0 unspecified atom stereocenters. The molecule has 0 aromatic heterocycles. The van der Waals surface area contributed by atoms with Crippen LogP contribution in [0.3, 0.4) is 0 Å². The summed E-state index contributed by atoms with van der Waals surface area (Å²) in [7, 11) is 0. The Hall–Kier alpha value is -1.76. The summed E-state index contributed by atoms with van der Waals surface area (Å²) in [4.78, 5) is 45.5. The number of carbonyl (C=O) groups excluding carboxylic acids is 4. The van der Waals surface area contributed by atoms with Crippen LogP contribution in [0.4, 0.5) is 0 Å². The number of hydrogen-bond donors (Lipinski definition) is 1. The van der Waals surface area contributed by atoms with Gasteiger partial charge in [-0.1, -0.05) is 0 Å². The summed E-state index contributed by atoms with van der Waals surface area (Å²) in [6.45, 7) is 3.31. The van der Waals surface area contributed by atoms with Crippen molar-refractivity contribution in [2.75, 3.05) is 13.2 Å². The van der Waals surface area contributed by atoms with Crippen LogP contribution < -0.4 is 5.32 Å². The number of ether oxygens (including phenoxy) is 2. The molecule has 1 saturated heterocycles. The second-order valence-electron chi connectivity index (χ2n) is 3.27. The van der Waals surface area contributed by atoms with Gasteiger partial charge in [0, 0.05) is 0 Å². The first kappa shape index (κ1) is 13.3. The van der Waals surface area contributed by atoms with Crippen LogP contribution in [0.2, 0.25) is 0 Å². The molecule has 0 bridgehead atoms. The summed E-state index contributed by atoms with van der Waals surface area (Å²) >= 11 is 0. The summed E-state index contributed by atoms with van der Waals surface area (Å²) in [6, 6.07) is -2.81. The zero-order valence-electron chi connectivity index (χ0n) is 9.52. The number of Topliss-reactive ketones (excluding diaryl/α,β-unsaturated/α-hetero) is 2. The quantitative estimate of drug-likeness (QED) is 0.368. The molecule has 0 aliphatic carbocycles. The zero-order chi connectivity index (χ0) is 13.0. The maximum atomic E-state index is 11.4. The molecule has 0 aromatic rings. The third-order valence-corrected chi connectivity index (χ3v) is 2.15. The van der Waals surface area contributed by atoms with Crippen molar-refractivity contribution in [3.8, 4) is 0 Å². The normalized spacial score (nSPS) is 23.6. The molecule has 0 spiro atoms. The van der Waals surface area contributed by atoms with Crippen molar-refractivity contribution in [1.29, 1.82) is 0 Å². The molecule has 0 amide bonds. The van der Waals surface area contributed by atoms with Crippen LogP contribution in [-0.2, 0) is 28.7 Å². The number of hydrogen-bond acceptors (Lipinski definition) is 7. The predicted molar refractivity (Wildman–Crippen MR) is 54.0 cm³/mol. The fraction of sp³-hybridized carbons (Fsp3) is 0.600. The van der Waals surface area contributed by atoms with Gasteiger partial charge < -0.3 is 9.47 Å². The van der Waals surface area contributed by atoms with Crippen LogP contribution >= 0.6 is 0 Å². The van der Waals surface area contributed by atoms with Gasteiger partial charge in [-0.05, 0) is 13.8 Å². The molecular weight excluding hydrogens is 230 g/mol. The van der Waals surface area contributed by atoms with Crippen LogP contribution in [0.15, 0.2) is 0 Å². The lowest BCUT2D eigenvalue weighted by atomic mass is 10.1. The highest BCUT2D eigenvalue weighted by Crippen LogP contribution is 2.08. The molecule has 1 aliphatic rings. The van der Waals surface area contributed by atoms with Crippen molar-refractivity contribution in [3.63, 3.8) is 0 Å². The highest BCUT2D eigenvalue weighted by atomic mass is 16.5. The molecule has 0 saturated carbocycles.